The summed E-state index contributed by atoms with van der Waals surface area (Å²) in [5.74, 6) is -0.912. The van der Waals surface area contributed by atoms with Gasteiger partial charge in [-0.3, -0.25) is 9.69 Å². The Morgan fingerprint density at radius 3 is 2.76 bits per heavy atom. The van der Waals surface area contributed by atoms with E-state index >= 15 is 0 Å². The Balaban J connectivity index is 1.45. The Morgan fingerprint density at radius 1 is 1.22 bits per heavy atom. The van der Waals surface area contributed by atoms with E-state index in [4.69, 9.17) is 31.0 Å². The Labute approximate surface area is 277 Å². The molecular formula is C35H46ClFN6O3. The number of hydrogen-bond acceptors (Lipinski definition) is 8. The molecule has 4 atom stereocenters. The van der Waals surface area contributed by atoms with Gasteiger partial charge in [-0.05, 0) is 62.6 Å². The molecule has 0 spiro atoms. The summed E-state index contributed by atoms with van der Waals surface area (Å²) < 4.78 is 26.0. The van der Waals surface area contributed by atoms with Crippen LogP contribution in [0.5, 0.6) is 6.01 Å². The van der Waals surface area contributed by atoms with Crippen molar-refractivity contribution in [3.63, 3.8) is 0 Å². The van der Waals surface area contributed by atoms with E-state index in [1.165, 1.54) is 4.90 Å². The quantitative estimate of drug-likeness (QED) is 0.248. The van der Waals surface area contributed by atoms with Crippen molar-refractivity contribution in [2.75, 3.05) is 50.9 Å². The van der Waals surface area contributed by atoms with Crippen molar-refractivity contribution in [2.45, 2.75) is 89.3 Å². The molecule has 3 aliphatic heterocycles. The van der Waals surface area contributed by atoms with Crippen LogP contribution in [-0.4, -0.2) is 89.8 Å². The lowest BCUT2D eigenvalue weighted by atomic mass is 9.93. The summed E-state index contributed by atoms with van der Waals surface area (Å²) >= 11 is 6.50. The highest BCUT2D eigenvalue weighted by Crippen LogP contribution is 2.34. The van der Waals surface area contributed by atoms with Crippen LogP contribution in [0.4, 0.5) is 10.2 Å². The van der Waals surface area contributed by atoms with Crippen LogP contribution in [0.25, 0.3) is 0 Å². The van der Waals surface area contributed by atoms with Crippen molar-refractivity contribution < 1.29 is 18.7 Å². The number of nitrogens with zero attached hydrogens (tertiary/aromatic N) is 6. The highest BCUT2D eigenvalue weighted by Gasteiger charge is 2.36. The third kappa shape index (κ3) is 7.99. The number of halogens is 2. The Morgan fingerprint density at radius 2 is 2.04 bits per heavy atom. The lowest BCUT2D eigenvalue weighted by Gasteiger charge is -2.41. The van der Waals surface area contributed by atoms with Gasteiger partial charge in [-0.25, -0.2) is 4.39 Å². The van der Waals surface area contributed by atoms with Crippen LogP contribution in [0, 0.1) is 11.3 Å². The maximum absolute atomic E-state index is 13.9. The minimum atomic E-state index is -1.01. The zero-order valence-electron chi connectivity index (χ0n) is 27.1. The van der Waals surface area contributed by atoms with E-state index < -0.39 is 17.8 Å². The van der Waals surface area contributed by atoms with Gasteiger partial charge < -0.3 is 19.3 Å². The number of benzene rings is 1. The maximum atomic E-state index is 13.9. The predicted molar refractivity (Wildman–Crippen MR) is 177 cm³/mol. The second kappa shape index (κ2) is 16.0. The van der Waals surface area contributed by atoms with Gasteiger partial charge in [0, 0.05) is 48.9 Å². The van der Waals surface area contributed by atoms with Crippen LogP contribution in [0.2, 0.25) is 5.02 Å². The van der Waals surface area contributed by atoms with Gasteiger partial charge in [0.1, 0.15) is 12.4 Å². The zero-order chi connectivity index (χ0) is 32.6. The van der Waals surface area contributed by atoms with Crippen LogP contribution < -0.4 is 9.64 Å². The Hall–Kier alpha value is -3.26. The van der Waals surface area contributed by atoms with Crippen molar-refractivity contribution in [2.24, 2.45) is 0 Å². The van der Waals surface area contributed by atoms with E-state index in [-0.39, 0.29) is 24.9 Å². The van der Waals surface area contributed by atoms with Gasteiger partial charge in [-0.2, -0.15) is 15.2 Å². The van der Waals surface area contributed by atoms with E-state index in [0.29, 0.717) is 31.7 Å². The second-order valence-corrected chi connectivity index (χ2v) is 13.1. The smallest absolute Gasteiger partial charge is 0.318 e. The van der Waals surface area contributed by atoms with Crippen molar-refractivity contribution in [1.82, 2.24) is 19.8 Å². The van der Waals surface area contributed by atoms with Gasteiger partial charge >= 0.3 is 6.01 Å². The standard InChI is InChI=1S/C35H46ClFN6O3/c1-4-8-30-32(24(2)12-13-26-9-5-6-11-31(26)36)39-35(46-23-28-10-7-17-42(28)29-15-20-45-22-29)40-33(30)41-18-19-43(34(44)25(3)37)27(21-41)14-16-38/h5-6,9,11,24,27-29H,3-4,7-8,10,12-15,17-23H2,1-2H3. The number of anilines is 1. The number of likely N-dealkylation sites (tertiary alicyclic amines) is 1. The summed E-state index contributed by atoms with van der Waals surface area (Å²) in [6.07, 6.45) is 6.62. The number of nitriles is 1. The summed E-state index contributed by atoms with van der Waals surface area (Å²) in [6, 6.07) is 10.7. The Bertz CT molecular complexity index is 1410. The van der Waals surface area contributed by atoms with Crippen LogP contribution in [0.3, 0.4) is 0 Å². The van der Waals surface area contributed by atoms with Crippen LogP contribution in [0.1, 0.15) is 75.1 Å². The SMILES string of the molecule is C=C(F)C(=O)N1CCN(c2nc(OCC3CCCN3C3CCOC3)nc(C(C)CCc3ccccc3Cl)c2CCC)CC1CC#N. The molecule has 9 nitrogen and oxygen atoms in total. The largest absolute Gasteiger partial charge is 0.462 e. The molecule has 0 bridgehead atoms. The van der Waals surface area contributed by atoms with Crippen molar-refractivity contribution in [3.8, 4) is 12.1 Å². The zero-order valence-corrected chi connectivity index (χ0v) is 27.9. The minimum Gasteiger partial charge on any atom is -0.462 e. The van der Waals surface area contributed by atoms with Gasteiger partial charge in [0.25, 0.3) is 5.91 Å². The number of hydrogen-bond donors (Lipinski definition) is 0. The minimum absolute atomic E-state index is 0.0799. The molecule has 46 heavy (non-hydrogen) atoms. The summed E-state index contributed by atoms with van der Waals surface area (Å²) in [5, 5.41) is 10.3. The van der Waals surface area contributed by atoms with Crippen LogP contribution in [0.15, 0.2) is 36.7 Å². The lowest BCUT2D eigenvalue weighted by molar-refractivity contribution is -0.131. The number of piperazine rings is 1. The number of carbonyl (C=O) groups excluding carboxylic acids is 1. The number of rotatable bonds is 13. The summed E-state index contributed by atoms with van der Waals surface area (Å²) in [7, 11) is 0. The average Bonchev–Trinajstić information content (AvgIpc) is 3.76. The van der Waals surface area contributed by atoms with E-state index in [1.54, 1.807) is 0 Å². The average molecular weight is 653 g/mol. The third-order valence-corrected chi connectivity index (χ3v) is 9.94. The fourth-order valence-corrected chi connectivity index (χ4v) is 7.35. The summed E-state index contributed by atoms with van der Waals surface area (Å²) in [4.78, 5) is 28.8. The molecule has 0 saturated carbocycles. The summed E-state index contributed by atoms with van der Waals surface area (Å²) in [6.45, 7) is 11.7. The molecule has 2 aromatic rings. The van der Waals surface area contributed by atoms with Gasteiger partial charge in [-0.15, -0.1) is 0 Å². The highest BCUT2D eigenvalue weighted by molar-refractivity contribution is 6.31. The molecule has 4 heterocycles. The first-order chi connectivity index (χ1) is 22.3. The number of aromatic nitrogens is 2. The fourth-order valence-electron chi connectivity index (χ4n) is 7.12. The normalized spacial score (nSPS) is 22.5. The van der Waals surface area contributed by atoms with Gasteiger partial charge in [-0.1, -0.05) is 56.6 Å². The van der Waals surface area contributed by atoms with Gasteiger partial charge in [0.05, 0.1) is 30.8 Å². The monoisotopic (exact) mass is 652 g/mol. The fraction of sp³-hybridized carbons (Fsp3) is 0.600. The maximum Gasteiger partial charge on any atom is 0.318 e. The van der Waals surface area contributed by atoms with Crippen molar-refractivity contribution >= 4 is 23.3 Å². The van der Waals surface area contributed by atoms with Crippen molar-refractivity contribution in [3.05, 3.63) is 58.5 Å². The molecule has 3 saturated heterocycles. The van der Waals surface area contributed by atoms with Crippen LogP contribution >= 0.6 is 11.6 Å². The molecule has 3 fully saturated rings. The van der Waals surface area contributed by atoms with Gasteiger partial charge in [0.2, 0.25) is 0 Å². The second-order valence-electron chi connectivity index (χ2n) is 12.7. The molecule has 0 aliphatic carbocycles. The molecule has 11 heteroatoms. The third-order valence-electron chi connectivity index (χ3n) is 9.57. The molecule has 248 valence electrons. The van der Waals surface area contributed by atoms with E-state index in [0.717, 1.165) is 92.4 Å². The summed E-state index contributed by atoms with van der Waals surface area (Å²) in [5.41, 5.74) is 3.11. The van der Waals surface area contributed by atoms with Crippen molar-refractivity contribution in [1.29, 1.82) is 5.26 Å². The molecule has 3 aliphatic rings. The first-order valence-electron chi connectivity index (χ1n) is 16.7. The van der Waals surface area contributed by atoms with Gasteiger partial charge in [0.15, 0.2) is 5.83 Å². The van der Waals surface area contributed by atoms with E-state index in [1.807, 2.05) is 18.2 Å². The molecule has 4 unspecified atom stereocenters. The topological polar surface area (TPSA) is 94.8 Å². The molecular weight excluding hydrogens is 607 g/mol. The molecule has 1 aromatic heterocycles. The number of carbonyl (C=O) groups is 1. The van der Waals surface area contributed by atoms with E-state index in [2.05, 4.69) is 42.4 Å². The Kier molecular flexibility index (Phi) is 11.9. The lowest BCUT2D eigenvalue weighted by Crippen LogP contribution is -2.55. The van der Waals surface area contributed by atoms with Crippen LogP contribution in [-0.2, 0) is 22.4 Å². The molecule has 1 aromatic carbocycles. The highest BCUT2D eigenvalue weighted by atomic mass is 35.5. The first-order valence-corrected chi connectivity index (χ1v) is 17.1. The predicted octanol–water partition coefficient (Wildman–Crippen LogP) is 5.86. The number of amides is 1. The molecule has 1 amide bonds. The molecule has 0 N–H and O–H groups in total. The van der Waals surface area contributed by atoms with E-state index in [9.17, 15) is 14.4 Å². The molecule has 5 rings (SSSR count). The molecule has 0 radical (unpaired) electrons. The number of aryl methyl sites for hydroxylation is 1. The number of ether oxygens (including phenoxy) is 2. The first kappa shape index (κ1) is 34.1.